The van der Waals surface area contributed by atoms with Gasteiger partial charge in [-0.15, -0.1) is 12.4 Å². The molecule has 6 heteroatoms. The molecule has 1 heterocycles. The molecule has 0 fully saturated rings. The second kappa shape index (κ2) is 7.72. The monoisotopic (exact) mass is 327 g/mol. The van der Waals surface area contributed by atoms with Gasteiger partial charge in [0.2, 0.25) is 0 Å². The summed E-state index contributed by atoms with van der Waals surface area (Å²) in [7, 11) is 0. The first-order valence-corrected chi connectivity index (χ1v) is 7.05. The first-order valence-electron chi connectivity index (χ1n) is 7.05. The summed E-state index contributed by atoms with van der Waals surface area (Å²) in [4.78, 5) is 0. The van der Waals surface area contributed by atoms with Crippen LogP contribution in [0.2, 0.25) is 0 Å². The van der Waals surface area contributed by atoms with Crippen molar-refractivity contribution in [2.24, 2.45) is 0 Å². The summed E-state index contributed by atoms with van der Waals surface area (Å²) in [6, 6.07) is 5.90. The molecule has 1 unspecified atom stereocenters. The van der Waals surface area contributed by atoms with Gasteiger partial charge in [-0.3, -0.25) is 5.10 Å². The lowest BCUT2D eigenvalue weighted by atomic mass is 9.89. The summed E-state index contributed by atoms with van der Waals surface area (Å²) in [5.41, 5.74) is 2.88. The quantitative estimate of drug-likeness (QED) is 0.791. The third kappa shape index (κ3) is 4.80. The average Bonchev–Trinajstić information content (AvgIpc) is 2.88. The number of hydrogen-bond acceptors (Lipinski definition) is 3. The van der Waals surface area contributed by atoms with E-state index in [1.807, 2.05) is 0 Å². The van der Waals surface area contributed by atoms with Crippen LogP contribution in [0.4, 0.5) is 4.39 Å². The van der Waals surface area contributed by atoms with Crippen LogP contribution in [-0.4, -0.2) is 21.8 Å². The van der Waals surface area contributed by atoms with Crippen molar-refractivity contribution in [3.63, 3.8) is 0 Å². The number of benzene rings is 1. The molecule has 1 aromatic carbocycles. The summed E-state index contributed by atoms with van der Waals surface area (Å²) >= 11 is 0. The molecule has 1 atom stereocenters. The number of aromatic amines is 1. The Labute approximate surface area is 136 Å². The first-order chi connectivity index (χ1) is 9.88. The third-order valence-corrected chi connectivity index (χ3v) is 3.38. The molecule has 0 saturated carbocycles. The smallest absolute Gasteiger partial charge is 0.123 e. The summed E-state index contributed by atoms with van der Waals surface area (Å²) in [5.74, 6) is -0.299. The lowest BCUT2D eigenvalue weighted by Crippen LogP contribution is -2.23. The Morgan fingerprint density at radius 1 is 1.27 bits per heavy atom. The van der Waals surface area contributed by atoms with Gasteiger partial charge in [-0.25, -0.2) is 4.39 Å². The predicted molar refractivity (Wildman–Crippen MR) is 87.6 cm³/mol. The van der Waals surface area contributed by atoms with Gasteiger partial charge in [-0.05, 0) is 17.7 Å². The van der Waals surface area contributed by atoms with Crippen LogP contribution in [-0.2, 0) is 12.0 Å². The zero-order chi connectivity index (χ0) is 15.5. The van der Waals surface area contributed by atoms with Crippen molar-refractivity contribution in [1.82, 2.24) is 15.5 Å². The van der Waals surface area contributed by atoms with E-state index in [-0.39, 0.29) is 23.6 Å². The summed E-state index contributed by atoms with van der Waals surface area (Å²) in [6.45, 7) is 7.40. The highest BCUT2D eigenvalue weighted by molar-refractivity contribution is 5.85. The number of rotatable bonds is 5. The van der Waals surface area contributed by atoms with Gasteiger partial charge in [0, 0.05) is 29.8 Å². The van der Waals surface area contributed by atoms with E-state index in [9.17, 15) is 9.50 Å². The van der Waals surface area contributed by atoms with Gasteiger partial charge < -0.3 is 10.4 Å². The van der Waals surface area contributed by atoms with Crippen molar-refractivity contribution in [2.75, 3.05) is 6.54 Å². The van der Waals surface area contributed by atoms with Crippen LogP contribution in [0.1, 0.15) is 43.7 Å². The molecule has 2 aromatic rings. The molecule has 4 nitrogen and oxygen atoms in total. The van der Waals surface area contributed by atoms with E-state index >= 15 is 0 Å². The highest BCUT2D eigenvalue weighted by Crippen LogP contribution is 2.23. The van der Waals surface area contributed by atoms with Crippen LogP contribution >= 0.6 is 12.4 Å². The lowest BCUT2D eigenvalue weighted by molar-refractivity contribution is 0.174. The molecule has 0 radical (unpaired) electrons. The van der Waals surface area contributed by atoms with Gasteiger partial charge in [-0.1, -0.05) is 32.9 Å². The molecule has 0 aliphatic carbocycles. The molecule has 0 bridgehead atoms. The molecule has 122 valence electrons. The number of H-pyrrole nitrogens is 1. The number of halogens is 2. The summed E-state index contributed by atoms with van der Waals surface area (Å²) in [5, 5.41) is 20.4. The third-order valence-electron chi connectivity index (χ3n) is 3.38. The Morgan fingerprint density at radius 2 is 1.91 bits per heavy atom. The predicted octanol–water partition coefficient (Wildman–Crippen LogP) is 3.09. The largest absolute Gasteiger partial charge is 0.387 e. The van der Waals surface area contributed by atoms with E-state index in [0.717, 1.165) is 11.3 Å². The lowest BCUT2D eigenvalue weighted by Gasteiger charge is -2.19. The molecule has 0 aliphatic heterocycles. The molecule has 0 aliphatic rings. The van der Waals surface area contributed by atoms with Crippen LogP contribution < -0.4 is 5.32 Å². The van der Waals surface area contributed by atoms with Crippen molar-refractivity contribution < 1.29 is 9.50 Å². The average molecular weight is 328 g/mol. The van der Waals surface area contributed by atoms with E-state index in [1.54, 1.807) is 18.3 Å². The van der Waals surface area contributed by atoms with Gasteiger partial charge in [0.25, 0.3) is 0 Å². The summed E-state index contributed by atoms with van der Waals surface area (Å²) < 4.78 is 12.8. The minimum Gasteiger partial charge on any atom is -0.387 e. The molecular weight excluding hydrogens is 305 g/mol. The normalized spacial score (nSPS) is 12.8. The Morgan fingerprint density at radius 3 is 2.50 bits per heavy atom. The van der Waals surface area contributed by atoms with E-state index in [0.29, 0.717) is 18.7 Å². The maximum absolute atomic E-state index is 12.8. The molecule has 1 aromatic heterocycles. The fraction of sp³-hybridized carbons (Fsp3) is 0.438. The Hall–Kier alpha value is -1.43. The minimum absolute atomic E-state index is 0. The number of aliphatic hydroxyl groups excluding tert-OH is 1. The highest BCUT2D eigenvalue weighted by atomic mass is 35.5. The van der Waals surface area contributed by atoms with Crippen LogP contribution in [0.5, 0.6) is 0 Å². The Balaban J connectivity index is 0.00000242. The van der Waals surface area contributed by atoms with Crippen LogP contribution in [0.25, 0.3) is 0 Å². The first kappa shape index (κ1) is 18.6. The Bertz CT molecular complexity index is 578. The number of nitrogens with zero attached hydrogens (tertiary/aromatic N) is 1. The fourth-order valence-corrected chi connectivity index (χ4v) is 2.24. The number of aliphatic hydroxyl groups is 1. The van der Waals surface area contributed by atoms with Crippen molar-refractivity contribution in [3.8, 4) is 0 Å². The van der Waals surface area contributed by atoms with Gasteiger partial charge in [0.1, 0.15) is 5.82 Å². The molecule has 0 saturated heterocycles. The molecule has 0 spiro atoms. The van der Waals surface area contributed by atoms with Crippen LogP contribution in [0, 0.1) is 5.82 Å². The van der Waals surface area contributed by atoms with Crippen molar-refractivity contribution in [3.05, 3.63) is 53.1 Å². The highest BCUT2D eigenvalue weighted by Gasteiger charge is 2.19. The second-order valence-electron chi connectivity index (χ2n) is 6.22. The number of nitrogens with one attached hydrogen (secondary N) is 2. The van der Waals surface area contributed by atoms with E-state index in [2.05, 4.69) is 36.3 Å². The van der Waals surface area contributed by atoms with Crippen molar-refractivity contribution in [1.29, 1.82) is 0 Å². The van der Waals surface area contributed by atoms with E-state index in [4.69, 9.17) is 0 Å². The van der Waals surface area contributed by atoms with Gasteiger partial charge in [-0.2, -0.15) is 5.10 Å². The molecule has 3 N–H and O–H groups in total. The van der Waals surface area contributed by atoms with Gasteiger partial charge in [0.05, 0.1) is 12.3 Å². The van der Waals surface area contributed by atoms with Crippen LogP contribution in [0.3, 0.4) is 0 Å². The maximum atomic E-state index is 12.8. The molecule has 22 heavy (non-hydrogen) atoms. The minimum atomic E-state index is -0.657. The van der Waals surface area contributed by atoms with Gasteiger partial charge in [0.15, 0.2) is 0 Å². The van der Waals surface area contributed by atoms with Gasteiger partial charge >= 0.3 is 0 Å². The van der Waals surface area contributed by atoms with E-state index < -0.39 is 6.10 Å². The standard InChI is InChI=1S/C16H22FN3O.ClH/c1-16(2,3)15-12(9-19-20-15)8-18-10-14(21)11-4-6-13(17)7-5-11;/h4-7,9,14,18,21H,8,10H2,1-3H3,(H,19,20);1H. The SMILES string of the molecule is CC(C)(C)c1[nH]ncc1CNCC(O)c1ccc(F)cc1.Cl. The number of hydrogen-bond donors (Lipinski definition) is 3. The number of aromatic nitrogens is 2. The molecular formula is C16H23ClFN3O. The molecule has 0 amide bonds. The second-order valence-corrected chi connectivity index (χ2v) is 6.22. The zero-order valence-corrected chi connectivity index (χ0v) is 13.9. The zero-order valence-electron chi connectivity index (χ0n) is 13.1. The summed E-state index contributed by atoms with van der Waals surface area (Å²) in [6.07, 6.45) is 1.15. The fourth-order valence-electron chi connectivity index (χ4n) is 2.24. The maximum Gasteiger partial charge on any atom is 0.123 e. The Kier molecular flexibility index (Phi) is 6.53. The van der Waals surface area contributed by atoms with Crippen molar-refractivity contribution in [2.45, 2.75) is 38.8 Å². The van der Waals surface area contributed by atoms with Crippen LogP contribution in [0.15, 0.2) is 30.5 Å². The van der Waals surface area contributed by atoms with E-state index in [1.165, 1.54) is 12.1 Å². The topological polar surface area (TPSA) is 60.9 Å². The molecule has 2 rings (SSSR count). The van der Waals surface area contributed by atoms with Crippen molar-refractivity contribution >= 4 is 12.4 Å².